The highest BCUT2D eigenvalue weighted by molar-refractivity contribution is 5.97. The number of epoxide rings is 2. The molecule has 0 aliphatic carbocycles. The first-order chi connectivity index (χ1) is 9.56. The third-order valence-corrected chi connectivity index (χ3v) is 3.53. The maximum Gasteiger partial charge on any atom is 0.336 e. The van der Waals surface area contributed by atoms with Crippen LogP contribution in [0.5, 0.6) is 0 Å². The van der Waals surface area contributed by atoms with Crippen LogP contribution in [0.15, 0.2) is 12.1 Å². The van der Waals surface area contributed by atoms with Crippen LogP contribution < -0.4 is 0 Å². The summed E-state index contributed by atoms with van der Waals surface area (Å²) in [5, 5.41) is 18.7. The van der Waals surface area contributed by atoms with Crippen molar-refractivity contribution in [2.75, 3.05) is 13.2 Å². The van der Waals surface area contributed by atoms with E-state index < -0.39 is 11.9 Å². The normalized spacial score (nSPS) is 23.4. The van der Waals surface area contributed by atoms with Crippen molar-refractivity contribution in [2.45, 2.75) is 25.0 Å². The Morgan fingerprint density at radius 3 is 2.15 bits per heavy atom. The monoisotopic (exact) mass is 278 g/mol. The van der Waals surface area contributed by atoms with Crippen LogP contribution in [0.4, 0.5) is 0 Å². The molecule has 0 saturated carbocycles. The van der Waals surface area contributed by atoms with Gasteiger partial charge in [0.05, 0.1) is 36.5 Å². The number of benzene rings is 1. The van der Waals surface area contributed by atoms with Gasteiger partial charge in [0.15, 0.2) is 0 Å². The van der Waals surface area contributed by atoms with Gasteiger partial charge in [0, 0.05) is 12.8 Å². The zero-order valence-corrected chi connectivity index (χ0v) is 10.7. The molecular weight excluding hydrogens is 264 g/mol. The summed E-state index contributed by atoms with van der Waals surface area (Å²) in [5.74, 6) is -2.21. The molecule has 6 nitrogen and oxygen atoms in total. The first kappa shape index (κ1) is 13.1. The molecule has 0 bridgehead atoms. The van der Waals surface area contributed by atoms with Crippen LogP contribution in [0.3, 0.4) is 0 Å². The van der Waals surface area contributed by atoms with Crippen molar-refractivity contribution in [1.82, 2.24) is 0 Å². The van der Waals surface area contributed by atoms with Gasteiger partial charge in [-0.15, -0.1) is 0 Å². The predicted octanol–water partition coefficient (Wildman–Crippen LogP) is 0.966. The summed E-state index contributed by atoms with van der Waals surface area (Å²) in [6.45, 7) is 1.18. The van der Waals surface area contributed by atoms with E-state index in [1.54, 1.807) is 6.07 Å². The summed E-state index contributed by atoms with van der Waals surface area (Å²) in [6, 6.07) is 3.05. The van der Waals surface area contributed by atoms with E-state index in [-0.39, 0.29) is 23.3 Å². The van der Waals surface area contributed by atoms with E-state index in [9.17, 15) is 19.8 Å². The minimum Gasteiger partial charge on any atom is -0.478 e. The van der Waals surface area contributed by atoms with E-state index in [4.69, 9.17) is 9.47 Å². The van der Waals surface area contributed by atoms with Crippen LogP contribution in [0.25, 0.3) is 0 Å². The highest BCUT2D eigenvalue weighted by Crippen LogP contribution is 2.28. The van der Waals surface area contributed by atoms with Crippen molar-refractivity contribution in [3.8, 4) is 0 Å². The van der Waals surface area contributed by atoms with Crippen molar-refractivity contribution in [3.63, 3.8) is 0 Å². The van der Waals surface area contributed by atoms with E-state index in [1.165, 1.54) is 6.07 Å². The second-order valence-electron chi connectivity index (χ2n) is 5.06. The van der Waals surface area contributed by atoms with Gasteiger partial charge in [0.1, 0.15) is 0 Å². The van der Waals surface area contributed by atoms with Crippen molar-refractivity contribution < 1.29 is 29.3 Å². The Hall–Kier alpha value is -1.92. The lowest BCUT2D eigenvalue weighted by Gasteiger charge is -2.13. The van der Waals surface area contributed by atoms with E-state index in [0.717, 1.165) is 0 Å². The number of carboxylic acid groups (broad SMARTS) is 2. The van der Waals surface area contributed by atoms with Crippen LogP contribution in [0.2, 0.25) is 0 Å². The Labute approximate surface area is 114 Å². The zero-order chi connectivity index (χ0) is 14.3. The van der Waals surface area contributed by atoms with E-state index in [2.05, 4.69) is 0 Å². The molecule has 2 heterocycles. The molecule has 2 aliphatic heterocycles. The summed E-state index contributed by atoms with van der Waals surface area (Å²) >= 11 is 0. The maximum atomic E-state index is 11.5. The SMILES string of the molecule is O=C(O)c1ccc(CC2CO2)c(C(=O)O)c1CC1CO1. The molecule has 2 aliphatic rings. The molecule has 0 amide bonds. The number of aromatic carboxylic acids is 2. The van der Waals surface area contributed by atoms with E-state index in [1.807, 2.05) is 0 Å². The summed E-state index contributed by atoms with van der Waals surface area (Å²) in [5.41, 5.74) is 1.11. The molecule has 2 fully saturated rings. The van der Waals surface area contributed by atoms with Gasteiger partial charge in [-0.3, -0.25) is 0 Å². The van der Waals surface area contributed by atoms with Crippen molar-refractivity contribution in [1.29, 1.82) is 0 Å². The van der Waals surface area contributed by atoms with Crippen LogP contribution in [0.1, 0.15) is 31.8 Å². The number of hydrogen-bond acceptors (Lipinski definition) is 4. The minimum absolute atomic E-state index is 0.0402. The highest BCUT2D eigenvalue weighted by Gasteiger charge is 2.32. The molecule has 2 atom stereocenters. The average Bonchev–Trinajstić information content (AvgIpc) is 3.23. The number of rotatable bonds is 6. The molecular formula is C14H14O6. The van der Waals surface area contributed by atoms with Crippen LogP contribution in [0, 0.1) is 0 Å². The Morgan fingerprint density at radius 1 is 1.05 bits per heavy atom. The van der Waals surface area contributed by atoms with Crippen molar-refractivity contribution in [2.24, 2.45) is 0 Å². The van der Waals surface area contributed by atoms with Gasteiger partial charge in [0.25, 0.3) is 0 Å². The van der Waals surface area contributed by atoms with Crippen molar-refractivity contribution >= 4 is 11.9 Å². The van der Waals surface area contributed by atoms with Gasteiger partial charge < -0.3 is 19.7 Å². The van der Waals surface area contributed by atoms with Crippen LogP contribution in [-0.2, 0) is 22.3 Å². The molecule has 2 N–H and O–H groups in total. The minimum atomic E-state index is -1.11. The summed E-state index contributed by atoms with van der Waals surface area (Å²) in [6.07, 6.45) is 0.801. The first-order valence-corrected chi connectivity index (χ1v) is 6.41. The van der Waals surface area contributed by atoms with Crippen LogP contribution in [-0.4, -0.2) is 47.6 Å². The molecule has 20 heavy (non-hydrogen) atoms. The molecule has 0 radical (unpaired) electrons. The fraction of sp³-hybridized carbons (Fsp3) is 0.429. The zero-order valence-electron chi connectivity index (χ0n) is 10.7. The highest BCUT2D eigenvalue weighted by atomic mass is 16.6. The number of ether oxygens (including phenoxy) is 2. The fourth-order valence-electron chi connectivity index (χ4n) is 2.39. The lowest BCUT2D eigenvalue weighted by Crippen LogP contribution is -2.15. The Bertz CT molecular complexity index is 571. The largest absolute Gasteiger partial charge is 0.478 e. The smallest absolute Gasteiger partial charge is 0.336 e. The lowest BCUT2D eigenvalue weighted by atomic mass is 9.91. The molecule has 1 aromatic rings. The quantitative estimate of drug-likeness (QED) is 0.752. The Balaban J connectivity index is 2.06. The fourth-order valence-corrected chi connectivity index (χ4v) is 2.39. The first-order valence-electron chi connectivity index (χ1n) is 6.41. The number of carbonyl (C=O) groups is 2. The van der Waals surface area contributed by atoms with E-state index in [0.29, 0.717) is 37.2 Å². The van der Waals surface area contributed by atoms with Crippen molar-refractivity contribution in [3.05, 3.63) is 34.4 Å². The average molecular weight is 278 g/mol. The third kappa shape index (κ3) is 2.66. The van der Waals surface area contributed by atoms with E-state index >= 15 is 0 Å². The molecule has 106 valence electrons. The van der Waals surface area contributed by atoms with Gasteiger partial charge in [0.2, 0.25) is 0 Å². The molecule has 2 unspecified atom stereocenters. The standard InChI is InChI=1S/C14H14O6/c15-13(16)10-2-1-7(3-8-5-19-8)12(14(17)18)11(10)4-9-6-20-9/h1-2,8-9H,3-6H2,(H,15,16)(H,17,18). The molecule has 0 spiro atoms. The maximum absolute atomic E-state index is 11.5. The summed E-state index contributed by atoms with van der Waals surface area (Å²) in [4.78, 5) is 22.8. The molecule has 0 aromatic heterocycles. The number of hydrogen-bond donors (Lipinski definition) is 2. The molecule has 6 heteroatoms. The molecule has 1 aromatic carbocycles. The van der Waals surface area contributed by atoms with Crippen LogP contribution >= 0.6 is 0 Å². The van der Waals surface area contributed by atoms with Gasteiger partial charge in [-0.1, -0.05) is 6.07 Å². The Morgan fingerprint density at radius 2 is 1.65 bits per heavy atom. The topological polar surface area (TPSA) is 99.7 Å². The predicted molar refractivity (Wildman–Crippen MR) is 67.2 cm³/mol. The van der Waals surface area contributed by atoms with Gasteiger partial charge >= 0.3 is 11.9 Å². The van der Waals surface area contributed by atoms with Gasteiger partial charge in [-0.25, -0.2) is 9.59 Å². The number of carboxylic acids is 2. The second-order valence-corrected chi connectivity index (χ2v) is 5.06. The molecule has 2 saturated heterocycles. The third-order valence-electron chi connectivity index (χ3n) is 3.53. The van der Waals surface area contributed by atoms with Gasteiger partial charge in [-0.2, -0.15) is 0 Å². The Kier molecular flexibility index (Phi) is 3.19. The lowest BCUT2D eigenvalue weighted by molar-refractivity contribution is 0.0694. The second kappa shape index (κ2) is 4.88. The van der Waals surface area contributed by atoms with Gasteiger partial charge in [-0.05, 0) is 17.2 Å². The molecule has 3 rings (SSSR count). The summed E-state index contributed by atoms with van der Waals surface area (Å²) < 4.78 is 10.2. The summed E-state index contributed by atoms with van der Waals surface area (Å²) in [7, 11) is 0.